The fourth-order valence-electron chi connectivity index (χ4n) is 5.09. The molecule has 1 aliphatic carbocycles. The summed E-state index contributed by atoms with van der Waals surface area (Å²) in [5.41, 5.74) is 3.47. The van der Waals surface area contributed by atoms with Gasteiger partial charge >= 0.3 is 6.03 Å². The normalized spacial score (nSPS) is 18.3. The molecule has 6 nitrogen and oxygen atoms in total. The summed E-state index contributed by atoms with van der Waals surface area (Å²) >= 11 is 1.88. The van der Waals surface area contributed by atoms with E-state index in [9.17, 15) is 4.79 Å². The molecule has 0 radical (unpaired) electrons. The van der Waals surface area contributed by atoms with E-state index >= 15 is 0 Å². The minimum atomic E-state index is -0.0244. The predicted octanol–water partition coefficient (Wildman–Crippen LogP) is 5.82. The third-order valence-corrected chi connectivity index (χ3v) is 8.22. The van der Waals surface area contributed by atoms with Crippen LogP contribution in [0.1, 0.15) is 54.9 Å². The first-order valence-corrected chi connectivity index (χ1v) is 13.5. The van der Waals surface area contributed by atoms with Crippen LogP contribution in [0.3, 0.4) is 0 Å². The number of urea groups is 1. The molecule has 1 fully saturated rings. The SMILES string of the molecule is CCCCc1nc(N2CCN(C(=O)Nc3cccc(C)c3)CC2)c2c3c(sc2n1)CC(C)CC3. The third kappa shape index (κ3) is 4.76. The molecule has 2 amide bonds. The van der Waals surface area contributed by atoms with Crippen molar-refractivity contribution >= 4 is 39.1 Å². The van der Waals surface area contributed by atoms with Crippen molar-refractivity contribution in [1.82, 2.24) is 14.9 Å². The third-order valence-electron chi connectivity index (χ3n) is 7.07. The van der Waals surface area contributed by atoms with Crippen molar-refractivity contribution in [2.24, 2.45) is 5.92 Å². The van der Waals surface area contributed by atoms with Crippen LogP contribution in [0.5, 0.6) is 0 Å². The second-order valence-corrected chi connectivity index (χ2v) is 11.0. The summed E-state index contributed by atoms with van der Waals surface area (Å²) in [7, 11) is 0. The Balaban J connectivity index is 1.37. The van der Waals surface area contributed by atoms with Gasteiger partial charge in [-0.1, -0.05) is 32.4 Å². The standard InChI is InChI=1S/C27H35N5OS/c1-4-5-9-23-29-25(24-21-11-10-19(3)17-22(21)34-26(24)30-23)31-12-14-32(15-13-31)27(33)28-20-8-6-7-18(2)16-20/h6-8,16,19H,4-5,9-15,17H2,1-3H3,(H,28,33). The highest BCUT2D eigenvalue weighted by Gasteiger charge is 2.28. The first-order valence-electron chi connectivity index (χ1n) is 12.7. The topological polar surface area (TPSA) is 61.4 Å². The number of hydrogen-bond acceptors (Lipinski definition) is 5. The minimum Gasteiger partial charge on any atom is -0.352 e. The number of unbranched alkanes of at least 4 members (excludes halogenated alkanes) is 1. The molecule has 7 heteroatoms. The molecule has 2 aliphatic rings. The van der Waals surface area contributed by atoms with E-state index in [1.807, 2.05) is 47.4 Å². The van der Waals surface area contributed by atoms with E-state index in [-0.39, 0.29) is 6.03 Å². The number of aromatic nitrogens is 2. The summed E-state index contributed by atoms with van der Waals surface area (Å²) in [5, 5.41) is 4.34. The number of aryl methyl sites for hydroxylation is 3. The zero-order valence-corrected chi connectivity index (χ0v) is 21.4. The van der Waals surface area contributed by atoms with Gasteiger partial charge in [-0.2, -0.15) is 0 Å². The van der Waals surface area contributed by atoms with Gasteiger partial charge < -0.3 is 15.1 Å². The minimum absolute atomic E-state index is 0.0244. The maximum Gasteiger partial charge on any atom is 0.321 e. The summed E-state index contributed by atoms with van der Waals surface area (Å²) in [5.74, 6) is 2.81. The van der Waals surface area contributed by atoms with Crippen molar-refractivity contribution in [2.75, 3.05) is 36.4 Å². The van der Waals surface area contributed by atoms with Crippen LogP contribution in [0.2, 0.25) is 0 Å². The Labute approximate surface area is 206 Å². The van der Waals surface area contributed by atoms with E-state index in [0.717, 1.165) is 78.8 Å². The Bertz CT molecular complexity index is 1180. The number of carbonyl (C=O) groups excluding carboxylic acids is 1. The highest BCUT2D eigenvalue weighted by Crippen LogP contribution is 2.41. The summed E-state index contributed by atoms with van der Waals surface area (Å²) in [6.45, 7) is 9.57. The first kappa shape index (κ1) is 23.1. The Morgan fingerprint density at radius 1 is 1.21 bits per heavy atom. The van der Waals surface area contributed by atoms with Crippen molar-refractivity contribution < 1.29 is 4.79 Å². The van der Waals surface area contributed by atoms with Crippen LogP contribution in [0, 0.1) is 12.8 Å². The average molecular weight is 478 g/mol. The number of hydrogen-bond donors (Lipinski definition) is 1. The zero-order chi connectivity index (χ0) is 23.7. The molecule has 0 spiro atoms. The number of piperazine rings is 1. The smallest absolute Gasteiger partial charge is 0.321 e. The molecule has 1 saturated heterocycles. The first-order chi connectivity index (χ1) is 16.5. The fraction of sp³-hybridized carbons (Fsp3) is 0.519. The molecule has 0 bridgehead atoms. The van der Waals surface area contributed by atoms with Crippen molar-refractivity contribution in [3.8, 4) is 0 Å². The molecule has 1 aliphatic heterocycles. The van der Waals surface area contributed by atoms with Gasteiger partial charge in [-0.15, -0.1) is 11.3 Å². The molecule has 1 unspecified atom stereocenters. The van der Waals surface area contributed by atoms with Gasteiger partial charge in [0.25, 0.3) is 0 Å². The van der Waals surface area contributed by atoms with E-state index < -0.39 is 0 Å². The van der Waals surface area contributed by atoms with Crippen LogP contribution in [0.4, 0.5) is 16.3 Å². The number of thiophene rings is 1. The molecule has 1 atom stereocenters. The van der Waals surface area contributed by atoms with Gasteiger partial charge in [0.2, 0.25) is 0 Å². The molecule has 3 aromatic rings. The number of nitrogens with zero attached hydrogens (tertiary/aromatic N) is 4. The highest BCUT2D eigenvalue weighted by atomic mass is 32.1. The van der Waals surface area contributed by atoms with E-state index in [4.69, 9.17) is 9.97 Å². The molecule has 3 heterocycles. The van der Waals surface area contributed by atoms with Crippen LogP contribution < -0.4 is 10.2 Å². The molecule has 1 N–H and O–H groups in total. The number of carbonyl (C=O) groups is 1. The van der Waals surface area contributed by atoms with E-state index in [1.54, 1.807) is 0 Å². The van der Waals surface area contributed by atoms with Gasteiger partial charge in [0, 0.05) is 43.2 Å². The van der Waals surface area contributed by atoms with Gasteiger partial charge in [-0.3, -0.25) is 0 Å². The number of fused-ring (bicyclic) bond motifs is 3. The van der Waals surface area contributed by atoms with Gasteiger partial charge in [-0.05, 0) is 61.8 Å². The predicted molar refractivity (Wildman–Crippen MR) is 141 cm³/mol. The number of nitrogens with one attached hydrogen (secondary N) is 1. The van der Waals surface area contributed by atoms with E-state index in [1.165, 1.54) is 22.2 Å². The molecule has 5 rings (SSSR count). The zero-order valence-electron chi connectivity index (χ0n) is 20.6. The van der Waals surface area contributed by atoms with Crippen LogP contribution in [0.25, 0.3) is 10.2 Å². The van der Waals surface area contributed by atoms with Crippen LogP contribution in [-0.4, -0.2) is 47.1 Å². The van der Waals surface area contributed by atoms with Crippen molar-refractivity contribution in [3.63, 3.8) is 0 Å². The number of rotatable bonds is 5. The Kier molecular flexibility index (Phi) is 6.73. The van der Waals surface area contributed by atoms with Crippen molar-refractivity contribution in [2.45, 2.75) is 59.3 Å². The van der Waals surface area contributed by atoms with Crippen LogP contribution >= 0.6 is 11.3 Å². The summed E-state index contributed by atoms with van der Waals surface area (Å²) in [4.78, 5) is 29.9. The van der Waals surface area contributed by atoms with Crippen LogP contribution in [-0.2, 0) is 19.3 Å². The van der Waals surface area contributed by atoms with E-state index in [2.05, 4.69) is 24.1 Å². The van der Waals surface area contributed by atoms with Crippen molar-refractivity contribution in [3.05, 3.63) is 46.1 Å². The second-order valence-electron chi connectivity index (χ2n) is 9.87. The van der Waals surface area contributed by atoms with Gasteiger partial charge in [0.1, 0.15) is 16.5 Å². The van der Waals surface area contributed by atoms with E-state index in [0.29, 0.717) is 13.1 Å². The lowest BCUT2D eigenvalue weighted by atomic mass is 9.89. The van der Waals surface area contributed by atoms with Gasteiger partial charge in [-0.25, -0.2) is 14.8 Å². The van der Waals surface area contributed by atoms with Gasteiger partial charge in [0.15, 0.2) is 0 Å². The number of benzene rings is 1. The average Bonchev–Trinajstić information content (AvgIpc) is 3.19. The Morgan fingerprint density at radius 2 is 2.03 bits per heavy atom. The lowest BCUT2D eigenvalue weighted by molar-refractivity contribution is 0.208. The largest absolute Gasteiger partial charge is 0.352 e. The second kappa shape index (κ2) is 9.90. The monoisotopic (exact) mass is 477 g/mol. The Morgan fingerprint density at radius 3 is 2.79 bits per heavy atom. The number of anilines is 2. The maximum atomic E-state index is 12.9. The molecule has 0 saturated carbocycles. The molecular formula is C27H35N5OS. The molecule has 180 valence electrons. The molecule has 2 aromatic heterocycles. The molecular weight excluding hydrogens is 442 g/mol. The van der Waals surface area contributed by atoms with Crippen molar-refractivity contribution in [1.29, 1.82) is 0 Å². The lowest BCUT2D eigenvalue weighted by Crippen LogP contribution is -2.50. The van der Waals surface area contributed by atoms with Crippen LogP contribution in [0.15, 0.2) is 24.3 Å². The lowest BCUT2D eigenvalue weighted by Gasteiger charge is -2.36. The summed E-state index contributed by atoms with van der Waals surface area (Å²) in [6.07, 6.45) is 6.71. The van der Waals surface area contributed by atoms with Gasteiger partial charge in [0.05, 0.1) is 5.39 Å². The maximum absolute atomic E-state index is 12.9. The molecule has 34 heavy (non-hydrogen) atoms. The summed E-state index contributed by atoms with van der Waals surface area (Å²) in [6, 6.07) is 7.93. The summed E-state index contributed by atoms with van der Waals surface area (Å²) < 4.78 is 0. The molecule has 1 aromatic carbocycles. The Hall–Kier alpha value is -2.67. The quantitative estimate of drug-likeness (QED) is 0.503. The highest BCUT2D eigenvalue weighted by molar-refractivity contribution is 7.19. The fourth-order valence-corrected chi connectivity index (χ4v) is 6.48. The number of amides is 2.